The SMILES string of the molecule is CCc1ccc(-c2csc(NC(=O)[C@@H](C)OC(=O)c3cccc(O)c3)n2)cc1. The van der Waals surface area contributed by atoms with Gasteiger partial charge in [0.25, 0.3) is 5.91 Å². The molecule has 0 unspecified atom stereocenters. The minimum atomic E-state index is -1.01. The van der Waals surface area contributed by atoms with Gasteiger partial charge in [-0.2, -0.15) is 0 Å². The number of aromatic hydroxyl groups is 1. The Balaban J connectivity index is 1.61. The summed E-state index contributed by atoms with van der Waals surface area (Å²) < 4.78 is 5.16. The second kappa shape index (κ2) is 8.67. The van der Waals surface area contributed by atoms with Crippen molar-refractivity contribution in [3.8, 4) is 17.0 Å². The van der Waals surface area contributed by atoms with Crippen molar-refractivity contribution in [2.24, 2.45) is 0 Å². The Bertz CT molecular complexity index is 982. The molecule has 0 saturated carbocycles. The lowest BCUT2D eigenvalue weighted by Gasteiger charge is -2.12. The molecule has 2 N–H and O–H groups in total. The normalized spacial score (nSPS) is 11.6. The van der Waals surface area contributed by atoms with Crippen molar-refractivity contribution in [3.05, 3.63) is 65.0 Å². The molecule has 1 amide bonds. The molecule has 144 valence electrons. The number of aryl methyl sites for hydroxylation is 1. The van der Waals surface area contributed by atoms with Gasteiger partial charge in [-0.25, -0.2) is 9.78 Å². The summed E-state index contributed by atoms with van der Waals surface area (Å²) in [6.45, 7) is 3.58. The smallest absolute Gasteiger partial charge is 0.339 e. The van der Waals surface area contributed by atoms with Crippen molar-refractivity contribution in [1.82, 2.24) is 4.98 Å². The number of aromatic nitrogens is 1. The predicted molar refractivity (Wildman–Crippen MR) is 109 cm³/mol. The topological polar surface area (TPSA) is 88.5 Å². The zero-order valence-corrected chi connectivity index (χ0v) is 16.3. The molecule has 3 rings (SSSR count). The standard InChI is InChI=1S/C21H20N2O4S/c1-3-14-7-9-15(10-8-14)18-12-28-21(22-18)23-19(25)13(2)27-20(26)16-5-4-6-17(24)11-16/h4-13,24H,3H2,1-2H3,(H,22,23,25)/t13-/m1/s1. The van der Waals surface area contributed by atoms with Crippen LogP contribution < -0.4 is 5.32 Å². The number of amides is 1. The van der Waals surface area contributed by atoms with Crippen LogP contribution in [0.5, 0.6) is 5.75 Å². The summed E-state index contributed by atoms with van der Waals surface area (Å²) in [7, 11) is 0. The summed E-state index contributed by atoms with van der Waals surface area (Å²) in [4.78, 5) is 28.8. The van der Waals surface area contributed by atoms with E-state index in [-0.39, 0.29) is 11.3 Å². The van der Waals surface area contributed by atoms with Crippen LogP contribution in [0.1, 0.15) is 29.8 Å². The Hall–Kier alpha value is -3.19. The van der Waals surface area contributed by atoms with E-state index in [1.807, 2.05) is 17.5 Å². The number of ether oxygens (including phenoxy) is 1. The monoisotopic (exact) mass is 396 g/mol. The Labute approximate surface area is 166 Å². The predicted octanol–water partition coefficient (Wildman–Crippen LogP) is 4.26. The summed E-state index contributed by atoms with van der Waals surface area (Å²) in [6, 6.07) is 13.9. The average Bonchev–Trinajstić information content (AvgIpc) is 3.16. The van der Waals surface area contributed by atoms with Crippen molar-refractivity contribution >= 4 is 28.3 Å². The first-order valence-corrected chi connectivity index (χ1v) is 9.70. The van der Waals surface area contributed by atoms with E-state index in [1.54, 1.807) is 0 Å². The van der Waals surface area contributed by atoms with Gasteiger partial charge in [0.1, 0.15) is 5.75 Å². The number of esters is 1. The van der Waals surface area contributed by atoms with Crippen LogP contribution in [0.25, 0.3) is 11.3 Å². The number of thiazole rings is 1. The first-order chi connectivity index (χ1) is 13.5. The highest BCUT2D eigenvalue weighted by atomic mass is 32.1. The Morgan fingerprint density at radius 3 is 2.64 bits per heavy atom. The van der Waals surface area contributed by atoms with Gasteiger partial charge in [0.15, 0.2) is 11.2 Å². The molecule has 0 aliphatic heterocycles. The van der Waals surface area contributed by atoms with E-state index in [0.29, 0.717) is 5.13 Å². The molecular weight excluding hydrogens is 376 g/mol. The maximum atomic E-state index is 12.3. The average molecular weight is 396 g/mol. The maximum absolute atomic E-state index is 12.3. The molecule has 28 heavy (non-hydrogen) atoms. The number of carbonyl (C=O) groups is 2. The lowest BCUT2D eigenvalue weighted by molar-refractivity contribution is -0.123. The van der Waals surface area contributed by atoms with Crippen molar-refractivity contribution < 1.29 is 19.4 Å². The third-order valence-electron chi connectivity index (χ3n) is 4.13. The van der Waals surface area contributed by atoms with Crippen LogP contribution in [-0.4, -0.2) is 28.1 Å². The lowest BCUT2D eigenvalue weighted by Crippen LogP contribution is -2.29. The highest BCUT2D eigenvalue weighted by Gasteiger charge is 2.20. The fourth-order valence-electron chi connectivity index (χ4n) is 2.50. The first kappa shape index (κ1) is 19.6. The largest absolute Gasteiger partial charge is 0.508 e. The highest BCUT2D eigenvalue weighted by Crippen LogP contribution is 2.25. The van der Waals surface area contributed by atoms with Gasteiger partial charge in [-0.15, -0.1) is 11.3 Å². The van der Waals surface area contributed by atoms with Crippen LogP contribution in [0.3, 0.4) is 0 Å². The van der Waals surface area contributed by atoms with E-state index in [9.17, 15) is 14.7 Å². The second-order valence-electron chi connectivity index (χ2n) is 6.18. The minimum Gasteiger partial charge on any atom is -0.508 e. The molecule has 1 heterocycles. The molecule has 7 heteroatoms. The lowest BCUT2D eigenvalue weighted by atomic mass is 10.1. The maximum Gasteiger partial charge on any atom is 0.339 e. The van der Waals surface area contributed by atoms with E-state index >= 15 is 0 Å². The van der Waals surface area contributed by atoms with E-state index in [0.717, 1.165) is 17.7 Å². The van der Waals surface area contributed by atoms with Gasteiger partial charge in [0.2, 0.25) is 0 Å². The molecule has 3 aromatic rings. The second-order valence-corrected chi connectivity index (χ2v) is 7.03. The summed E-state index contributed by atoms with van der Waals surface area (Å²) in [6.07, 6.45) is -0.0382. The van der Waals surface area contributed by atoms with Gasteiger partial charge in [-0.05, 0) is 37.1 Å². The van der Waals surface area contributed by atoms with Crippen molar-refractivity contribution in [2.75, 3.05) is 5.32 Å². The number of nitrogens with one attached hydrogen (secondary N) is 1. The molecule has 1 atom stereocenters. The van der Waals surface area contributed by atoms with Gasteiger partial charge in [0.05, 0.1) is 11.3 Å². The van der Waals surface area contributed by atoms with Gasteiger partial charge >= 0.3 is 5.97 Å². The van der Waals surface area contributed by atoms with Crippen molar-refractivity contribution in [1.29, 1.82) is 0 Å². The van der Waals surface area contributed by atoms with E-state index in [4.69, 9.17) is 4.74 Å². The van der Waals surface area contributed by atoms with E-state index < -0.39 is 18.0 Å². The van der Waals surface area contributed by atoms with Gasteiger partial charge in [0, 0.05) is 10.9 Å². The van der Waals surface area contributed by atoms with Gasteiger partial charge in [-0.3, -0.25) is 10.1 Å². The number of hydrogen-bond acceptors (Lipinski definition) is 6. The number of hydrogen-bond donors (Lipinski definition) is 2. The van der Waals surface area contributed by atoms with Crippen LogP contribution >= 0.6 is 11.3 Å². The van der Waals surface area contributed by atoms with E-state index in [2.05, 4.69) is 29.4 Å². The zero-order chi connectivity index (χ0) is 20.1. The Morgan fingerprint density at radius 1 is 1.21 bits per heavy atom. The number of anilines is 1. The molecule has 0 aliphatic rings. The molecule has 0 bridgehead atoms. The van der Waals surface area contributed by atoms with Crippen LogP contribution in [0.4, 0.5) is 5.13 Å². The molecule has 2 aromatic carbocycles. The van der Waals surface area contributed by atoms with E-state index in [1.165, 1.54) is 48.1 Å². The molecule has 6 nitrogen and oxygen atoms in total. The molecule has 0 aliphatic carbocycles. The fraction of sp³-hybridized carbons (Fsp3) is 0.190. The third-order valence-corrected chi connectivity index (χ3v) is 4.88. The molecule has 0 spiro atoms. The first-order valence-electron chi connectivity index (χ1n) is 8.82. The summed E-state index contributed by atoms with van der Waals surface area (Å²) in [5.41, 5.74) is 3.16. The van der Waals surface area contributed by atoms with Crippen LogP contribution in [0, 0.1) is 0 Å². The number of phenols is 1. The van der Waals surface area contributed by atoms with Gasteiger partial charge in [-0.1, -0.05) is 37.3 Å². The fourth-order valence-corrected chi connectivity index (χ4v) is 3.22. The zero-order valence-electron chi connectivity index (χ0n) is 15.5. The third kappa shape index (κ3) is 4.75. The number of nitrogens with zero attached hydrogens (tertiary/aromatic N) is 1. The quantitative estimate of drug-likeness (QED) is 0.608. The number of carbonyl (C=O) groups excluding carboxylic acids is 2. The molecular formula is C21H20N2O4S. The van der Waals surface area contributed by atoms with Crippen molar-refractivity contribution in [2.45, 2.75) is 26.4 Å². The molecule has 0 fully saturated rings. The minimum absolute atomic E-state index is 0.0474. The van der Waals surface area contributed by atoms with Gasteiger partial charge < -0.3 is 9.84 Å². The van der Waals surface area contributed by atoms with Crippen molar-refractivity contribution in [3.63, 3.8) is 0 Å². The number of phenolic OH excluding ortho intramolecular Hbond substituents is 1. The molecule has 1 aromatic heterocycles. The number of benzene rings is 2. The Kier molecular flexibility index (Phi) is 6.06. The van der Waals surface area contributed by atoms with Crippen LogP contribution in [0.2, 0.25) is 0 Å². The Morgan fingerprint density at radius 2 is 1.96 bits per heavy atom. The highest BCUT2D eigenvalue weighted by molar-refractivity contribution is 7.14. The van der Waals surface area contributed by atoms with Crippen LogP contribution in [-0.2, 0) is 16.0 Å². The summed E-state index contributed by atoms with van der Waals surface area (Å²) in [5, 5.41) is 14.4. The number of rotatable bonds is 6. The summed E-state index contributed by atoms with van der Waals surface area (Å²) in [5.74, 6) is -1.21. The van der Waals surface area contributed by atoms with Crippen LogP contribution in [0.15, 0.2) is 53.9 Å². The summed E-state index contributed by atoms with van der Waals surface area (Å²) >= 11 is 1.30. The molecule has 0 radical (unpaired) electrons. The molecule has 0 saturated heterocycles.